The van der Waals surface area contributed by atoms with Crippen molar-refractivity contribution in [3.8, 4) is 0 Å². The Balaban J connectivity index is 2.09. The Labute approximate surface area is 108 Å². The first-order chi connectivity index (χ1) is 8.78. The number of nitrogens with zero attached hydrogens (tertiary/aromatic N) is 1. The van der Waals surface area contributed by atoms with Crippen molar-refractivity contribution in [1.29, 1.82) is 0 Å². The van der Waals surface area contributed by atoms with Gasteiger partial charge in [-0.05, 0) is 37.1 Å². The van der Waals surface area contributed by atoms with Gasteiger partial charge in [0.2, 0.25) is 0 Å². The fourth-order valence-electron chi connectivity index (χ4n) is 1.76. The lowest BCUT2D eigenvalue weighted by Crippen LogP contribution is -2.01. The number of aromatic nitrogens is 1. The minimum Gasteiger partial charge on any atom is -0.384 e. The van der Waals surface area contributed by atoms with Crippen LogP contribution in [-0.4, -0.2) is 11.5 Å². The van der Waals surface area contributed by atoms with Crippen LogP contribution in [0.25, 0.3) is 0 Å². The van der Waals surface area contributed by atoms with E-state index in [-0.39, 0.29) is 0 Å². The van der Waals surface area contributed by atoms with Crippen LogP contribution >= 0.6 is 0 Å². The van der Waals surface area contributed by atoms with Gasteiger partial charge >= 0.3 is 0 Å². The Morgan fingerprint density at radius 2 is 1.89 bits per heavy atom. The average molecular weight is 241 g/mol. The molecule has 94 valence electrons. The molecular formula is C15H19N3. The van der Waals surface area contributed by atoms with E-state index in [9.17, 15) is 0 Å². The number of hydrogen-bond donors (Lipinski definition) is 2. The Morgan fingerprint density at radius 3 is 2.67 bits per heavy atom. The van der Waals surface area contributed by atoms with E-state index in [2.05, 4.69) is 53.7 Å². The van der Waals surface area contributed by atoms with Crippen LogP contribution in [0.2, 0.25) is 0 Å². The third-order valence-electron chi connectivity index (χ3n) is 2.62. The molecule has 0 atom stereocenters. The second-order valence-electron chi connectivity index (χ2n) is 4.38. The molecule has 3 nitrogen and oxygen atoms in total. The highest BCUT2D eigenvalue weighted by atomic mass is 14.9. The molecule has 1 aromatic heterocycles. The molecule has 2 N–H and O–H groups in total. The van der Waals surface area contributed by atoms with Crippen molar-refractivity contribution in [3.63, 3.8) is 0 Å². The molecule has 0 saturated carbocycles. The molecule has 0 fully saturated rings. The molecule has 0 aliphatic rings. The van der Waals surface area contributed by atoms with Crippen molar-refractivity contribution in [2.24, 2.45) is 0 Å². The highest BCUT2D eigenvalue weighted by molar-refractivity contribution is 5.63. The van der Waals surface area contributed by atoms with Gasteiger partial charge in [-0.15, -0.1) is 0 Å². The SMILES string of the molecule is CCCNc1cncc(Nc2cccc(C)c2)c1. The van der Waals surface area contributed by atoms with E-state index in [0.29, 0.717) is 0 Å². The minimum atomic E-state index is 0.968. The molecule has 1 heterocycles. The molecule has 0 saturated heterocycles. The molecule has 0 spiro atoms. The first kappa shape index (κ1) is 12.4. The van der Waals surface area contributed by atoms with E-state index in [1.807, 2.05) is 18.5 Å². The van der Waals surface area contributed by atoms with Gasteiger partial charge in [-0.25, -0.2) is 0 Å². The molecule has 0 aliphatic heterocycles. The predicted octanol–water partition coefficient (Wildman–Crippen LogP) is 3.96. The van der Waals surface area contributed by atoms with Gasteiger partial charge in [-0.1, -0.05) is 19.1 Å². The lowest BCUT2D eigenvalue weighted by Gasteiger charge is -2.09. The van der Waals surface area contributed by atoms with Gasteiger partial charge < -0.3 is 10.6 Å². The average Bonchev–Trinajstić information content (AvgIpc) is 2.37. The van der Waals surface area contributed by atoms with Crippen LogP contribution in [0.5, 0.6) is 0 Å². The topological polar surface area (TPSA) is 37.0 Å². The molecule has 2 rings (SSSR count). The van der Waals surface area contributed by atoms with Crippen LogP contribution in [0.15, 0.2) is 42.7 Å². The molecule has 0 bridgehead atoms. The van der Waals surface area contributed by atoms with Crippen LogP contribution in [0.1, 0.15) is 18.9 Å². The van der Waals surface area contributed by atoms with Crippen LogP contribution in [-0.2, 0) is 0 Å². The van der Waals surface area contributed by atoms with Crippen molar-refractivity contribution in [3.05, 3.63) is 48.3 Å². The van der Waals surface area contributed by atoms with Gasteiger partial charge in [-0.2, -0.15) is 0 Å². The zero-order valence-corrected chi connectivity index (χ0v) is 10.9. The smallest absolute Gasteiger partial charge is 0.0591 e. The van der Waals surface area contributed by atoms with Crippen molar-refractivity contribution in [1.82, 2.24) is 4.98 Å². The van der Waals surface area contributed by atoms with Gasteiger partial charge in [0.1, 0.15) is 0 Å². The van der Waals surface area contributed by atoms with Crippen molar-refractivity contribution in [2.45, 2.75) is 20.3 Å². The summed E-state index contributed by atoms with van der Waals surface area (Å²) in [5.74, 6) is 0. The fraction of sp³-hybridized carbons (Fsp3) is 0.267. The maximum Gasteiger partial charge on any atom is 0.0591 e. The van der Waals surface area contributed by atoms with Crippen LogP contribution in [0.4, 0.5) is 17.1 Å². The van der Waals surface area contributed by atoms with E-state index in [4.69, 9.17) is 0 Å². The number of hydrogen-bond acceptors (Lipinski definition) is 3. The number of nitrogens with one attached hydrogen (secondary N) is 2. The monoisotopic (exact) mass is 241 g/mol. The van der Waals surface area contributed by atoms with E-state index >= 15 is 0 Å². The maximum atomic E-state index is 4.23. The Morgan fingerprint density at radius 1 is 1.06 bits per heavy atom. The van der Waals surface area contributed by atoms with Crippen molar-refractivity contribution in [2.75, 3.05) is 17.2 Å². The van der Waals surface area contributed by atoms with Gasteiger partial charge in [0, 0.05) is 12.2 Å². The second-order valence-corrected chi connectivity index (χ2v) is 4.38. The van der Waals surface area contributed by atoms with Crippen molar-refractivity contribution >= 4 is 17.1 Å². The minimum absolute atomic E-state index is 0.968. The van der Waals surface area contributed by atoms with Crippen LogP contribution in [0.3, 0.4) is 0 Å². The molecule has 0 aliphatic carbocycles. The Bertz CT molecular complexity index is 509. The zero-order chi connectivity index (χ0) is 12.8. The van der Waals surface area contributed by atoms with E-state index < -0.39 is 0 Å². The van der Waals surface area contributed by atoms with Crippen LogP contribution < -0.4 is 10.6 Å². The zero-order valence-electron chi connectivity index (χ0n) is 10.9. The maximum absolute atomic E-state index is 4.23. The summed E-state index contributed by atoms with van der Waals surface area (Å²) in [6.07, 6.45) is 4.78. The molecule has 1 aromatic carbocycles. The normalized spacial score (nSPS) is 10.1. The standard InChI is InChI=1S/C15H19N3/c1-3-7-17-14-9-15(11-16-10-14)18-13-6-4-5-12(2)8-13/h4-6,8-11,17-18H,3,7H2,1-2H3. The number of rotatable bonds is 5. The third-order valence-corrected chi connectivity index (χ3v) is 2.62. The molecule has 0 radical (unpaired) electrons. The van der Waals surface area contributed by atoms with E-state index in [1.54, 1.807) is 0 Å². The molecule has 18 heavy (non-hydrogen) atoms. The summed E-state index contributed by atoms with van der Waals surface area (Å²) in [5.41, 5.74) is 4.38. The van der Waals surface area contributed by atoms with E-state index in [0.717, 1.165) is 30.0 Å². The lowest BCUT2D eigenvalue weighted by atomic mass is 10.2. The van der Waals surface area contributed by atoms with Gasteiger partial charge in [0.15, 0.2) is 0 Å². The third kappa shape index (κ3) is 3.48. The molecule has 0 unspecified atom stereocenters. The Hall–Kier alpha value is -2.03. The number of pyridine rings is 1. The van der Waals surface area contributed by atoms with Gasteiger partial charge in [0.05, 0.1) is 23.8 Å². The largest absolute Gasteiger partial charge is 0.384 e. The van der Waals surface area contributed by atoms with E-state index in [1.165, 1.54) is 5.56 Å². The summed E-state index contributed by atoms with van der Waals surface area (Å²) in [5, 5.41) is 6.69. The first-order valence-electron chi connectivity index (χ1n) is 6.30. The van der Waals surface area contributed by atoms with Crippen LogP contribution in [0, 0.1) is 6.92 Å². The summed E-state index contributed by atoms with van der Waals surface area (Å²) < 4.78 is 0. The number of anilines is 3. The lowest BCUT2D eigenvalue weighted by molar-refractivity contribution is 0.978. The summed E-state index contributed by atoms with van der Waals surface area (Å²) >= 11 is 0. The quantitative estimate of drug-likeness (QED) is 0.832. The number of benzene rings is 1. The summed E-state index contributed by atoms with van der Waals surface area (Å²) in [4.78, 5) is 4.23. The summed E-state index contributed by atoms with van der Waals surface area (Å²) in [6, 6.07) is 10.4. The molecule has 3 heteroatoms. The first-order valence-corrected chi connectivity index (χ1v) is 6.30. The number of aryl methyl sites for hydroxylation is 1. The van der Waals surface area contributed by atoms with Gasteiger partial charge in [-0.3, -0.25) is 4.98 Å². The van der Waals surface area contributed by atoms with Gasteiger partial charge in [0.25, 0.3) is 0 Å². The molecular weight excluding hydrogens is 222 g/mol. The fourth-order valence-corrected chi connectivity index (χ4v) is 1.76. The highest BCUT2D eigenvalue weighted by Gasteiger charge is 1.97. The van der Waals surface area contributed by atoms with Crippen molar-refractivity contribution < 1.29 is 0 Å². The predicted molar refractivity (Wildman–Crippen MR) is 77.5 cm³/mol. The summed E-state index contributed by atoms with van der Waals surface area (Å²) in [6.45, 7) is 5.20. The molecule has 0 amide bonds. The highest BCUT2D eigenvalue weighted by Crippen LogP contribution is 2.19. The molecule has 2 aromatic rings. The second kappa shape index (κ2) is 6.05. The summed E-state index contributed by atoms with van der Waals surface area (Å²) in [7, 11) is 0. The Kier molecular flexibility index (Phi) is 4.18.